The Bertz CT molecular complexity index is 331. The fourth-order valence-electron chi connectivity index (χ4n) is 1.21. The molecule has 0 spiro atoms. The lowest BCUT2D eigenvalue weighted by Gasteiger charge is -2.13. The third-order valence-corrected chi connectivity index (χ3v) is 1.85. The van der Waals surface area contributed by atoms with Gasteiger partial charge in [0.1, 0.15) is 11.8 Å². The van der Waals surface area contributed by atoms with Crippen LogP contribution in [0.5, 0.6) is 0 Å². The lowest BCUT2D eigenvalue weighted by molar-refractivity contribution is -0.144. The first kappa shape index (κ1) is 11.3. The zero-order chi connectivity index (χ0) is 11.3. The number of rotatable bonds is 4. The van der Waals surface area contributed by atoms with Crippen LogP contribution in [0.4, 0.5) is 0 Å². The monoisotopic (exact) mass is 211 g/mol. The molecule has 0 saturated carbocycles. The van der Waals surface area contributed by atoms with Gasteiger partial charge in [0.15, 0.2) is 0 Å². The third-order valence-electron chi connectivity index (χ3n) is 1.85. The van der Waals surface area contributed by atoms with Gasteiger partial charge in [-0.2, -0.15) is 0 Å². The van der Waals surface area contributed by atoms with Gasteiger partial charge in [-0.05, 0) is 12.1 Å². The van der Waals surface area contributed by atoms with Crippen LogP contribution in [0, 0.1) is 0 Å². The first-order valence-electron chi connectivity index (χ1n) is 4.50. The lowest BCUT2D eigenvalue weighted by atomic mass is 10.1. The van der Waals surface area contributed by atoms with Crippen LogP contribution in [0.2, 0.25) is 0 Å². The van der Waals surface area contributed by atoms with Gasteiger partial charge in [0.25, 0.3) is 0 Å². The number of carbonyl (C=O) groups excluding carboxylic acids is 2. The molecule has 5 heteroatoms. The summed E-state index contributed by atoms with van der Waals surface area (Å²) < 4.78 is 9.65. The maximum atomic E-state index is 11.3. The third kappa shape index (κ3) is 3.46. The fraction of sp³-hybridized carbons (Fsp3) is 0.400. The second-order valence-electron chi connectivity index (χ2n) is 3.06. The van der Waals surface area contributed by atoms with Gasteiger partial charge in [-0.3, -0.25) is 4.79 Å². The highest BCUT2D eigenvalue weighted by Crippen LogP contribution is 2.05. The minimum Gasteiger partial charge on any atom is -0.469 e. The van der Waals surface area contributed by atoms with Crippen molar-refractivity contribution in [1.29, 1.82) is 0 Å². The zero-order valence-electron chi connectivity index (χ0n) is 8.65. The molecular weight excluding hydrogens is 198 g/mol. The van der Waals surface area contributed by atoms with E-state index in [1.165, 1.54) is 20.3 Å². The van der Waals surface area contributed by atoms with Crippen molar-refractivity contribution >= 4 is 11.9 Å². The average molecular weight is 211 g/mol. The van der Waals surface area contributed by atoms with Crippen LogP contribution in [0.1, 0.15) is 12.7 Å². The molecule has 0 unspecified atom stereocenters. The zero-order valence-corrected chi connectivity index (χ0v) is 8.65. The molecular formula is C10H13NO4. The molecule has 1 aromatic rings. The SMILES string of the molecule is COC(=O)[C@H](Cc1ccco1)NC(C)=O. The van der Waals surface area contributed by atoms with Crippen molar-refractivity contribution in [3.63, 3.8) is 0 Å². The van der Waals surface area contributed by atoms with Crippen LogP contribution in [-0.2, 0) is 20.7 Å². The first-order valence-corrected chi connectivity index (χ1v) is 4.50. The summed E-state index contributed by atoms with van der Waals surface area (Å²) in [5.41, 5.74) is 0. The molecule has 0 fully saturated rings. The highest BCUT2D eigenvalue weighted by Gasteiger charge is 2.21. The van der Waals surface area contributed by atoms with Crippen molar-refractivity contribution in [1.82, 2.24) is 5.32 Å². The van der Waals surface area contributed by atoms with E-state index in [1.54, 1.807) is 12.1 Å². The Labute approximate surface area is 87.4 Å². The van der Waals surface area contributed by atoms with Gasteiger partial charge in [0.05, 0.1) is 13.4 Å². The molecule has 0 radical (unpaired) electrons. The molecule has 1 atom stereocenters. The quantitative estimate of drug-likeness (QED) is 0.736. The molecule has 1 amide bonds. The highest BCUT2D eigenvalue weighted by molar-refractivity contribution is 5.83. The minimum absolute atomic E-state index is 0.281. The number of esters is 1. The van der Waals surface area contributed by atoms with Crippen molar-refractivity contribution < 1.29 is 18.7 Å². The normalized spacial score (nSPS) is 11.9. The standard InChI is InChI=1S/C10H13NO4/c1-7(12)11-9(10(13)14-2)6-8-4-3-5-15-8/h3-5,9H,6H2,1-2H3,(H,11,12)/t9-/m0/s1. The first-order chi connectivity index (χ1) is 7.13. The molecule has 1 N–H and O–H groups in total. The number of methoxy groups -OCH3 is 1. The highest BCUT2D eigenvalue weighted by atomic mass is 16.5. The number of ether oxygens (including phenoxy) is 1. The Morgan fingerprint density at radius 2 is 2.33 bits per heavy atom. The smallest absolute Gasteiger partial charge is 0.328 e. The minimum atomic E-state index is -0.696. The lowest BCUT2D eigenvalue weighted by Crippen LogP contribution is -2.41. The summed E-state index contributed by atoms with van der Waals surface area (Å²) >= 11 is 0. The molecule has 0 aliphatic rings. The van der Waals surface area contributed by atoms with E-state index in [9.17, 15) is 9.59 Å². The maximum Gasteiger partial charge on any atom is 0.328 e. The van der Waals surface area contributed by atoms with Crippen molar-refractivity contribution in [2.75, 3.05) is 7.11 Å². The molecule has 0 bridgehead atoms. The van der Waals surface area contributed by atoms with Crippen molar-refractivity contribution in [3.8, 4) is 0 Å². The van der Waals surface area contributed by atoms with E-state index in [-0.39, 0.29) is 5.91 Å². The van der Waals surface area contributed by atoms with E-state index in [1.807, 2.05) is 0 Å². The van der Waals surface area contributed by atoms with Gasteiger partial charge in [-0.25, -0.2) is 4.79 Å². The van der Waals surface area contributed by atoms with Gasteiger partial charge < -0.3 is 14.5 Å². The van der Waals surface area contributed by atoms with Crippen molar-refractivity contribution in [2.45, 2.75) is 19.4 Å². The van der Waals surface area contributed by atoms with Gasteiger partial charge in [0.2, 0.25) is 5.91 Å². The second-order valence-corrected chi connectivity index (χ2v) is 3.06. The van der Waals surface area contributed by atoms with Crippen LogP contribution in [0.25, 0.3) is 0 Å². The predicted molar refractivity (Wildman–Crippen MR) is 52.0 cm³/mol. The van der Waals surface area contributed by atoms with Gasteiger partial charge in [-0.1, -0.05) is 0 Å². The molecule has 82 valence electrons. The van der Waals surface area contributed by atoms with Gasteiger partial charge in [-0.15, -0.1) is 0 Å². The molecule has 0 aromatic carbocycles. The fourth-order valence-corrected chi connectivity index (χ4v) is 1.21. The van der Waals surface area contributed by atoms with Crippen molar-refractivity contribution in [2.24, 2.45) is 0 Å². The summed E-state index contributed by atoms with van der Waals surface area (Å²) in [5.74, 6) is -0.141. The van der Waals surface area contributed by atoms with E-state index < -0.39 is 12.0 Å². The Hall–Kier alpha value is -1.78. The summed E-state index contributed by atoms with van der Waals surface area (Å²) in [4.78, 5) is 22.1. The molecule has 1 aromatic heterocycles. The summed E-state index contributed by atoms with van der Waals surface area (Å²) in [6.07, 6.45) is 1.80. The molecule has 1 heterocycles. The van der Waals surface area contributed by atoms with Crippen LogP contribution in [0.3, 0.4) is 0 Å². The number of amides is 1. The molecule has 1 rings (SSSR count). The van der Waals surface area contributed by atoms with Crippen LogP contribution in [-0.4, -0.2) is 25.0 Å². The number of carbonyl (C=O) groups is 2. The van der Waals surface area contributed by atoms with Crippen LogP contribution in [0.15, 0.2) is 22.8 Å². The summed E-state index contributed by atoms with van der Waals surface area (Å²) in [7, 11) is 1.28. The second kappa shape index (κ2) is 5.19. The van der Waals surface area contributed by atoms with E-state index in [4.69, 9.17) is 4.42 Å². The van der Waals surface area contributed by atoms with Crippen LogP contribution < -0.4 is 5.32 Å². The molecule has 15 heavy (non-hydrogen) atoms. The molecule has 0 aliphatic carbocycles. The molecule has 5 nitrogen and oxygen atoms in total. The Morgan fingerprint density at radius 1 is 1.60 bits per heavy atom. The van der Waals surface area contributed by atoms with Crippen LogP contribution >= 0.6 is 0 Å². The summed E-state index contributed by atoms with van der Waals surface area (Å²) in [6.45, 7) is 1.35. The van der Waals surface area contributed by atoms with E-state index in [0.29, 0.717) is 12.2 Å². The van der Waals surface area contributed by atoms with Crippen molar-refractivity contribution in [3.05, 3.63) is 24.2 Å². The summed E-state index contributed by atoms with van der Waals surface area (Å²) in [5, 5.41) is 2.50. The van der Waals surface area contributed by atoms with Gasteiger partial charge in [0, 0.05) is 13.3 Å². The Balaban J connectivity index is 2.64. The Morgan fingerprint density at radius 3 is 2.80 bits per heavy atom. The van der Waals surface area contributed by atoms with E-state index >= 15 is 0 Å². The largest absolute Gasteiger partial charge is 0.469 e. The van der Waals surface area contributed by atoms with E-state index in [0.717, 1.165) is 0 Å². The maximum absolute atomic E-state index is 11.3. The molecule has 0 saturated heterocycles. The average Bonchev–Trinajstić information content (AvgIpc) is 2.67. The molecule has 0 aliphatic heterocycles. The number of nitrogens with one attached hydrogen (secondary N) is 1. The topological polar surface area (TPSA) is 68.5 Å². The predicted octanol–water partition coefficient (Wildman–Crippen LogP) is 0.500. The number of hydrogen-bond acceptors (Lipinski definition) is 4. The number of furan rings is 1. The van der Waals surface area contributed by atoms with Gasteiger partial charge >= 0.3 is 5.97 Å². The summed E-state index contributed by atoms with van der Waals surface area (Å²) in [6, 6.07) is 2.76. The number of hydrogen-bond donors (Lipinski definition) is 1. The van der Waals surface area contributed by atoms with E-state index in [2.05, 4.69) is 10.1 Å². The Kier molecular flexibility index (Phi) is 3.91.